The number of fused-ring (bicyclic) bond motifs is 1. The molecule has 0 spiro atoms. The number of hydrogen-bond donors (Lipinski definition) is 1. The Labute approximate surface area is 109 Å². The van der Waals surface area contributed by atoms with Crippen LogP contribution in [0.5, 0.6) is 0 Å². The lowest BCUT2D eigenvalue weighted by molar-refractivity contribution is 0.271. The molecular formula is C13H19Cl2N. The van der Waals surface area contributed by atoms with Crippen LogP contribution in [0.2, 0.25) is 5.02 Å². The van der Waals surface area contributed by atoms with Crippen LogP contribution in [0.25, 0.3) is 0 Å². The van der Waals surface area contributed by atoms with Crippen LogP contribution >= 0.6 is 24.0 Å². The highest BCUT2D eigenvalue weighted by Gasteiger charge is 2.28. The summed E-state index contributed by atoms with van der Waals surface area (Å²) in [5.41, 5.74) is 3.31. The molecule has 1 aromatic carbocycles. The fraction of sp³-hybridized carbons (Fsp3) is 0.538. The molecule has 90 valence electrons. The van der Waals surface area contributed by atoms with E-state index in [0.29, 0.717) is 5.41 Å². The van der Waals surface area contributed by atoms with E-state index in [2.05, 4.69) is 24.4 Å². The van der Waals surface area contributed by atoms with E-state index in [0.717, 1.165) is 18.0 Å². The van der Waals surface area contributed by atoms with Crippen molar-refractivity contribution in [1.29, 1.82) is 0 Å². The second-order valence-corrected chi connectivity index (χ2v) is 5.37. The van der Waals surface area contributed by atoms with Gasteiger partial charge in [0.25, 0.3) is 0 Å². The minimum absolute atomic E-state index is 0. The molecule has 0 saturated carbocycles. The van der Waals surface area contributed by atoms with E-state index >= 15 is 0 Å². The highest BCUT2D eigenvalue weighted by atomic mass is 35.5. The Bertz CT molecular complexity index is 365. The van der Waals surface area contributed by atoms with Gasteiger partial charge >= 0.3 is 0 Å². The fourth-order valence-electron chi connectivity index (χ4n) is 2.57. The van der Waals surface area contributed by atoms with Crippen LogP contribution in [0, 0.1) is 5.41 Å². The van der Waals surface area contributed by atoms with Gasteiger partial charge in [-0.05, 0) is 55.0 Å². The first-order chi connectivity index (χ1) is 7.13. The van der Waals surface area contributed by atoms with Gasteiger partial charge < -0.3 is 5.32 Å². The van der Waals surface area contributed by atoms with Crippen LogP contribution < -0.4 is 5.32 Å². The van der Waals surface area contributed by atoms with E-state index in [-0.39, 0.29) is 12.4 Å². The molecule has 1 nitrogen and oxygen atoms in total. The van der Waals surface area contributed by atoms with E-state index < -0.39 is 0 Å². The molecule has 0 heterocycles. The topological polar surface area (TPSA) is 12.0 Å². The molecule has 16 heavy (non-hydrogen) atoms. The van der Waals surface area contributed by atoms with E-state index in [1.54, 1.807) is 0 Å². The minimum Gasteiger partial charge on any atom is -0.319 e. The van der Waals surface area contributed by atoms with Gasteiger partial charge in [0.05, 0.1) is 0 Å². The van der Waals surface area contributed by atoms with E-state index in [9.17, 15) is 0 Å². The SMILES string of the molecule is CNCC1(C)CCc2ccc(Cl)cc2C1.Cl. The smallest absolute Gasteiger partial charge is 0.0408 e. The Morgan fingerprint density at radius 2 is 2.12 bits per heavy atom. The molecule has 2 rings (SSSR count). The van der Waals surface area contributed by atoms with Crippen LogP contribution in [-0.4, -0.2) is 13.6 Å². The highest BCUT2D eigenvalue weighted by molar-refractivity contribution is 6.30. The maximum absolute atomic E-state index is 6.03. The predicted molar refractivity (Wildman–Crippen MR) is 72.8 cm³/mol. The van der Waals surface area contributed by atoms with Gasteiger partial charge in [0.1, 0.15) is 0 Å². The third-order valence-electron chi connectivity index (χ3n) is 3.39. The third-order valence-corrected chi connectivity index (χ3v) is 3.62. The lowest BCUT2D eigenvalue weighted by Gasteiger charge is -2.35. The molecule has 1 aliphatic carbocycles. The summed E-state index contributed by atoms with van der Waals surface area (Å²) in [5.74, 6) is 0. The molecule has 0 bridgehead atoms. The maximum atomic E-state index is 6.03. The summed E-state index contributed by atoms with van der Waals surface area (Å²) in [7, 11) is 2.03. The average molecular weight is 260 g/mol. The second-order valence-electron chi connectivity index (χ2n) is 4.93. The second kappa shape index (κ2) is 5.39. The summed E-state index contributed by atoms with van der Waals surface area (Å²) < 4.78 is 0. The molecule has 0 aliphatic heterocycles. The molecule has 1 aliphatic rings. The van der Waals surface area contributed by atoms with Crippen molar-refractivity contribution in [3.8, 4) is 0 Å². The lowest BCUT2D eigenvalue weighted by atomic mass is 9.73. The normalized spacial score (nSPS) is 23.4. The van der Waals surface area contributed by atoms with Crippen molar-refractivity contribution in [3.63, 3.8) is 0 Å². The Balaban J connectivity index is 0.00000128. The summed E-state index contributed by atoms with van der Waals surface area (Å²) in [6, 6.07) is 6.31. The zero-order valence-corrected chi connectivity index (χ0v) is 11.4. The number of halogens is 2. The first-order valence-corrected chi connectivity index (χ1v) is 5.93. The molecule has 1 unspecified atom stereocenters. The van der Waals surface area contributed by atoms with E-state index in [1.165, 1.54) is 24.0 Å². The van der Waals surface area contributed by atoms with Crippen LogP contribution in [0.15, 0.2) is 18.2 Å². The van der Waals surface area contributed by atoms with Gasteiger partial charge in [-0.15, -0.1) is 12.4 Å². The average Bonchev–Trinajstić information content (AvgIpc) is 2.17. The fourth-order valence-corrected chi connectivity index (χ4v) is 2.76. The van der Waals surface area contributed by atoms with Crippen LogP contribution in [0.1, 0.15) is 24.5 Å². The Morgan fingerprint density at radius 3 is 2.81 bits per heavy atom. The van der Waals surface area contributed by atoms with Crippen molar-refractivity contribution in [3.05, 3.63) is 34.3 Å². The highest BCUT2D eigenvalue weighted by Crippen LogP contribution is 2.35. The van der Waals surface area contributed by atoms with Crippen LogP contribution in [-0.2, 0) is 12.8 Å². The first-order valence-electron chi connectivity index (χ1n) is 5.55. The Kier molecular flexibility index (Phi) is 4.66. The summed E-state index contributed by atoms with van der Waals surface area (Å²) in [5, 5.41) is 4.15. The molecular weight excluding hydrogens is 241 g/mol. The third kappa shape index (κ3) is 2.91. The van der Waals surface area contributed by atoms with Gasteiger partial charge in [0.2, 0.25) is 0 Å². The van der Waals surface area contributed by atoms with Crippen molar-refractivity contribution < 1.29 is 0 Å². The van der Waals surface area contributed by atoms with Gasteiger partial charge in [0, 0.05) is 11.6 Å². The summed E-state index contributed by atoms with van der Waals surface area (Å²) in [4.78, 5) is 0. The van der Waals surface area contributed by atoms with Crippen molar-refractivity contribution in [2.45, 2.75) is 26.2 Å². The number of aryl methyl sites for hydroxylation is 1. The molecule has 0 fully saturated rings. The number of rotatable bonds is 2. The number of nitrogens with one attached hydrogen (secondary N) is 1. The minimum atomic E-state index is 0. The Hall–Kier alpha value is -0.240. The number of hydrogen-bond acceptors (Lipinski definition) is 1. The molecule has 0 amide bonds. The molecule has 1 aromatic rings. The van der Waals surface area contributed by atoms with Crippen molar-refractivity contribution in [2.75, 3.05) is 13.6 Å². The Morgan fingerprint density at radius 1 is 1.38 bits per heavy atom. The van der Waals surface area contributed by atoms with E-state index in [1.807, 2.05) is 13.1 Å². The van der Waals surface area contributed by atoms with Crippen molar-refractivity contribution >= 4 is 24.0 Å². The molecule has 0 radical (unpaired) electrons. The molecule has 0 aromatic heterocycles. The predicted octanol–water partition coefficient (Wildman–Crippen LogP) is 3.48. The van der Waals surface area contributed by atoms with E-state index in [4.69, 9.17) is 11.6 Å². The first kappa shape index (κ1) is 13.8. The maximum Gasteiger partial charge on any atom is 0.0408 e. The molecule has 1 atom stereocenters. The van der Waals surface area contributed by atoms with Gasteiger partial charge in [-0.3, -0.25) is 0 Å². The molecule has 1 N–H and O–H groups in total. The van der Waals surface area contributed by atoms with Crippen molar-refractivity contribution in [1.82, 2.24) is 5.32 Å². The van der Waals surface area contributed by atoms with Crippen LogP contribution in [0.4, 0.5) is 0 Å². The number of benzene rings is 1. The molecule has 3 heteroatoms. The van der Waals surface area contributed by atoms with Gasteiger partial charge in [-0.25, -0.2) is 0 Å². The summed E-state index contributed by atoms with van der Waals surface area (Å²) >= 11 is 6.03. The van der Waals surface area contributed by atoms with Gasteiger partial charge in [-0.2, -0.15) is 0 Å². The lowest BCUT2D eigenvalue weighted by Crippen LogP contribution is -2.35. The standard InChI is InChI=1S/C13H18ClN.ClH/c1-13(9-15-2)6-5-10-3-4-12(14)7-11(10)8-13;/h3-4,7,15H,5-6,8-9H2,1-2H3;1H. The zero-order chi connectivity index (χ0) is 10.9. The van der Waals surface area contributed by atoms with Crippen LogP contribution in [0.3, 0.4) is 0 Å². The quantitative estimate of drug-likeness (QED) is 0.858. The summed E-state index contributed by atoms with van der Waals surface area (Å²) in [6.45, 7) is 3.44. The zero-order valence-electron chi connectivity index (χ0n) is 9.85. The largest absolute Gasteiger partial charge is 0.319 e. The van der Waals surface area contributed by atoms with Gasteiger partial charge in [0.15, 0.2) is 0 Å². The molecule has 0 saturated heterocycles. The van der Waals surface area contributed by atoms with Gasteiger partial charge in [-0.1, -0.05) is 24.6 Å². The van der Waals surface area contributed by atoms with Crippen molar-refractivity contribution in [2.24, 2.45) is 5.41 Å². The summed E-state index contributed by atoms with van der Waals surface area (Å²) in [6.07, 6.45) is 3.59. The monoisotopic (exact) mass is 259 g/mol.